The molecule has 0 fully saturated rings. The van der Waals surface area contributed by atoms with Crippen LogP contribution in [-0.2, 0) is 4.79 Å². The molecule has 0 saturated carbocycles. The number of carbonyl (C=O) groups excluding carboxylic acids is 2. The standard InChI is InChI=1S/C24H23NO4/c1-24(2,29)21(23(28)16-26)15-22(27)19-11-7-17(8-12-19)5-3-4-6-18-9-13-20(25)14-10-18/h7-14,21,26,29H,15-16,25H2,1-2H3/t21-/m1/s1. The zero-order valence-electron chi connectivity index (χ0n) is 16.4. The summed E-state index contributed by atoms with van der Waals surface area (Å²) in [5.41, 5.74) is 6.81. The van der Waals surface area contributed by atoms with E-state index in [-0.39, 0.29) is 12.2 Å². The van der Waals surface area contributed by atoms with Gasteiger partial charge in [-0.05, 0) is 62.1 Å². The maximum atomic E-state index is 12.5. The van der Waals surface area contributed by atoms with Gasteiger partial charge in [-0.15, -0.1) is 0 Å². The Morgan fingerprint density at radius 3 is 1.90 bits per heavy atom. The SMILES string of the molecule is CC(C)(O)[C@H](CC(=O)c1ccc(C#CC#Cc2ccc(N)cc2)cc1)C(=O)CO. The maximum Gasteiger partial charge on any atom is 0.164 e. The minimum absolute atomic E-state index is 0.180. The Morgan fingerprint density at radius 2 is 1.45 bits per heavy atom. The third-order valence-electron chi connectivity index (χ3n) is 4.38. The van der Waals surface area contributed by atoms with Gasteiger partial charge in [0.25, 0.3) is 0 Å². The number of benzene rings is 2. The van der Waals surface area contributed by atoms with Crippen molar-refractivity contribution in [3.05, 3.63) is 65.2 Å². The lowest BCUT2D eigenvalue weighted by Crippen LogP contribution is -2.39. The van der Waals surface area contributed by atoms with Gasteiger partial charge in [-0.25, -0.2) is 0 Å². The van der Waals surface area contributed by atoms with Gasteiger partial charge >= 0.3 is 0 Å². The lowest BCUT2D eigenvalue weighted by Gasteiger charge is -2.27. The Morgan fingerprint density at radius 1 is 0.966 bits per heavy atom. The second-order valence-electron chi connectivity index (χ2n) is 7.16. The van der Waals surface area contributed by atoms with E-state index >= 15 is 0 Å². The highest BCUT2D eigenvalue weighted by atomic mass is 16.3. The van der Waals surface area contributed by atoms with Crippen molar-refractivity contribution in [3.63, 3.8) is 0 Å². The highest BCUT2D eigenvalue weighted by molar-refractivity contribution is 5.99. The molecule has 0 radical (unpaired) electrons. The fourth-order valence-corrected chi connectivity index (χ4v) is 2.68. The van der Waals surface area contributed by atoms with Gasteiger partial charge in [-0.2, -0.15) is 0 Å². The Labute approximate surface area is 170 Å². The molecule has 2 rings (SSSR count). The van der Waals surface area contributed by atoms with Crippen LogP contribution in [0.3, 0.4) is 0 Å². The van der Waals surface area contributed by atoms with Crippen molar-refractivity contribution in [2.75, 3.05) is 12.3 Å². The van der Waals surface area contributed by atoms with E-state index in [1.54, 1.807) is 36.4 Å². The van der Waals surface area contributed by atoms with Gasteiger partial charge in [0.1, 0.15) is 6.61 Å². The maximum absolute atomic E-state index is 12.5. The van der Waals surface area contributed by atoms with Crippen molar-refractivity contribution in [1.29, 1.82) is 0 Å². The van der Waals surface area contributed by atoms with Crippen molar-refractivity contribution < 1.29 is 19.8 Å². The molecule has 5 heteroatoms. The molecule has 29 heavy (non-hydrogen) atoms. The van der Waals surface area contributed by atoms with E-state index in [1.807, 2.05) is 12.1 Å². The first kappa shape index (κ1) is 21.9. The molecule has 0 aromatic heterocycles. The van der Waals surface area contributed by atoms with Crippen LogP contribution >= 0.6 is 0 Å². The molecule has 0 bridgehead atoms. The first-order valence-corrected chi connectivity index (χ1v) is 9.07. The lowest BCUT2D eigenvalue weighted by atomic mass is 9.82. The summed E-state index contributed by atoms with van der Waals surface area (Å²) in [6.45, 7) is 2.18. The van der Waals surface area contributed by atoms with Crippen molar-refractivity contribution >= 4 is 17.3 Å². The summed E-state index contributed by atoms with van der Waals surface area (Å²) >= 11 is 0. The zero-order valence-corrected chi connectivity index (χ0v) is 16.4. The first-order valence-electron chi connectivity index (χ1n) is 9.07. The molecule has 148 valence electrons. The molecule has 2 aromatic rings. The average Bonchev–Trinajstić information content (AvgIpc) is 2.69. The van der Waals surface area contributed by atoms with E-state index in [4.69, 9.17) is 10.8 Å². The Kier molecular flexibility index (Phi) is 7.33. The topological polar surface area (TPSA) is 101 Å². The fraction of sp³-hybridized carbons (Fsp3) is 0.250. The Balaban J connectivity index is 2.06. The van der Waals surface area contributed by atoms with Crippen LogP contribution in [0, 0.1) is 29.6 Å². The molecule has 0 unspecified atom stereocenters. The minimum atomic E-state index is -1.40. The van der Waals surface area contributed by atoms with Crippen LogP contribution < -0.4 is 5.73 Å². The summed E-state index contributed by atoms with van der Waals surface area (Å²) in [5, 5.41) is 19.2. The van der Waals surface area contributed by atoms with E-state index in [9.17, 15) is 14.7 Å². The number of hydrogen-bond donors (Lipinski definition) is 3. The first-order chi connectivity index (χ1) is 13.7. The Hall–Kier alpha value is -3.38. The van der Waals surface area contributed by atoms with Crippen LogP contribution in [-0.4, -0.2) is 34.0 Å². The number of aliphatic hydroxyl groups is 2. The molecule has 5 nitrogen and oxygen atoms in total. The minimum Gasteiger partial charge on any atom is -0.399 e. The number of rotatable bonds is 6. The van der Waals surface area contributed by atoms with Crippen LogP contribution in [0.2, 0.25) is 0 Å². The second kappa shape index (κ2) is 9.71. The molecule has 0 aliphatic carbocycles. The van der Waals surface area contributed by atoms with Gasteiger partial charge in [0.15, 0.2) is 11.6 Å². The normalized spacial score (nSPS) is 11.4. The zero-order chi connectivity index (χ0) is 21.4. The van der Waals surface area contributed by atoms with Crippen LogP contribution in [0.15, 0.2) is 48.5 Å². The van der Waals surface area contributed by atoms with Crippen molar-refractivity contribution in [1.82, 2.24) is 0 Å². The third kappa shape index (κ3) is 6.62. The summed E-state index contributed by atoms with van der Waals surface area (Å²) in [7, 11) is 0. The predicted octanol–water partition coefficient (Wildman–Crippen LogP) is 2.19. The second-order valence-corrected chi connectivity index (χ2v) is 7.16. The predicted molar refractivity (Wildman–Crippen MR) is 112 cm³/mol. The van der Waals surface area contributed by atoms with Gasteiger partial charge in [0.05, 0.1) is 11.5 Å². The largest absolute Gasteiger partial charge is 0.399 e. The van der Waals surface area contributed by atoms with Crippen molar-refractivity contribution in [2.24, 2.45) is 5.92 Å². The summed E-state index contributed by atoms with van der Waals surface area (Å²) in [5.74, 6) is 9.51. The monoisotopic (exact) mass is 389 g/mol. The Bertz CT molecular complexity index is 992. The van der Waals surface area contributed by atoms with E-state index in [2.05, 4.69) is 23.7 Å². The smallest absolute Gasteiger partial charge is 0.164 e. The van der Waals surface area contributed by atoms with Gasteiger partial charge in [0, 0.05) is 28.8 Å². The molecule has 0 spiro atoms. The van der Waals surface area contributed by atoms with Crippen molar-refractivity contribution in [3.8, 4) is 23.7 Å². The van der Waals surface area contributed by atoms with E-state index < -0.39 is 23.9 Å². The number of nitrogens with two attached hydrogens (primary N) is 1. The van der Waals surface area contributed by atoms with Crippen LogP contribution in [0.4, 0.5) is 5.69 Å². The third-order valence-corrected chi connectivity index (χ3v) is 4.38. The summed E-state index contributed by atoms with van der Waals surface area (Å²) in [6, 6.07) is 13.8. The summed E-state index contributed by atoms with van der Waals surface area (Å²) < 4.78 is 0. The molecular weight excluding hydrogens is 366 g/mol. The van der Waals surface area contributed by atoms with Gasteiger partial charge < -0.3 is 15.9 Å². The van der Waals surface area contributed by atoms with Crippen molar-refractivity contribution in [2.45, 2.75) is 25.9 Å². The summed E-state index contributed by atoms with van der Waals surface area (Å²) in [6.07, 6.45) is -0.180. The number of hydrogen-bond acceptors (Lipinski definition) is 5. The molecule has 0 amide bonds. The van der Waals surface area contributed by atoms with E-state index in [0.29, 0.717) is 16.8 Å². The average molecular weight is 389 g/mol. The number of anilines is 1. The molecule has 0 saturated heterocycles. The number of nitrogen functional groups attached to an aromatic ring is 1. The van der Waals surface area contributed by atoms with Crippen LogP contribution in [0.5, 0.6) is 0 Å². The molecule has 4 N–H and O–H groups in total. The van der Waals surface area contributed by atoms with Gasteiger partial charge in [-0.3, -0.25) is 9.59 Å². The highest BCUT2D eigenvalue weighted by Gasteiger charge is 2.34. The fourth-order valence-electron chi connectivity index (χ4n) is 2.68. The summed E-state index contributed by atoms with van der Waals surface area (Å²) in [4.78, 5) is 24.3. The highest BCUT2D eigenvalue weighted by Crippen LogP contribution is 2.23. The number of aliphatic hydroxyl groups excluding tert-OH is 1. The van der Waals surface area contributed by atoms with Gasteiger partial charge in [0.2, 0.25) is 0 Å². The number of ketones is 2. The molecular formula is C24H23NO4. The van der Waals surface area contributed by atoms with E-state index in [0.717, 1.165) is 5.56 Å². The van der Waals surface area contributed by atoms with E-state index in [1.165, 1.54) is 13.8 Å². The molecule has 0 aliphatic rings. The van der Waals surface area contributed by atoms with Gasteiger partial charge in [-0.1, -0.05) is 24.0 Å². The lowest BCUT2D eigenvalue weighted by molar-refractivity contribution is -0.133. The number of Topliss-reactive ketones (excluding diaryl/α,β-unsaturated/α-hetero) is 2. The molecule has 1 atom stereocenters. The van der Waals surface area contributed by atoms with Crippen LogP contribution in [0.25, 0.3) is 0 Å². The molecule has 2 aromatic carbocycles. The number of carbonyl (C=O) groups is 2. The molecule has 0 heterocycles. The van der Waals surface area contributed by atoms with Crippen LogP contribution in [0.1, 0.15) is 41.8 Å². The quantitative estimate of drug-likeness (QED) is 0.399. The molecule has 0 aliphatic heterocycles.